The molecule has 1 aromatic heterocycles. The molecule has 0 bridgehead atoms. The zero-order valence-electron chi connectivity index (χ0n) is 16.2. The molecule has 1 aliphatic rings. The van der Waals surface area contributed by atoms with E-state index in [0.717, 1.165) is 32.4 Å². The van der Waals surface area contributed by atoms with Gasteiger partial charge >= 0.3 is 0 Å². The molecule has 25 heavy (non-hydrogen) atoms. The molecule has 2 nitrogen and oxygen atoms in total. The van der Waals surface area contributed by atoms with Crippen LogP contribution in [-0.4, -0.2) is 18.1 Å². The fourth-order valence-corrected chi connectivity index (χ4v) is 3.34. The summed E-state index contributed by atoms with van der Waals surface area (Å²) in [5.74, 6) is 0. The number of aromatic amines is 1. The van der Waals surface area contributed by atoms with Crippen LogP contribution in [0.15, 0.2) is 48.5 Å². The van der Waals surface area contributed by atoms with Crippen molar-refractivity contribution in [3.05, 3.63) is 70.9 Å². The van der Waals surface area contributed by atoms with E-state index in [0.29, 0.717) is 0 Å². The van der Waals surface area contributed by atoms with Crippen molar-refractivity contribution in [1.29, 1.82) is 0 Å². The van der Waals surface area contributed by atoms with Crippen molar-refractivity contribution >= 4 is 10.9 Å². The lowest BCUT2D eigenvalue weighted by atomic mass is 10.0. The molecule has 2 aromatic carbocycles. The first-order valence-electron chi connectivity index (χ1n) is 9.77. The highest BCUT2D eigenvalue weighted by Crippen LogP contribution is 2.26. The Bertz CT molecular complexity index is 756. The number of H-pyrrole nitrogens is 1. The maximum Gasteiger partial charge on any atom is 0.0459 e. The normalized spacial score (nSPS) is 13.0. The quantitative estimate of drug-likeness (QED) is 0.635. The van der Waals surface area contributed by atoms with Crippen molar-refractivity contribution < 1.29 is 0 Å². The van der Waals surface area contributed by atoms with Crippen molar-refractivity contribution in [1.82, 2.24) is 10.3 Å². The van der Waals surface area contributed by atoms with Gasteiger partial charge in [0.05, 0.1) is 0 Å². The summed E-state index contributed by atoms with van der Waals surface area (Å²) in [4.78, 5) is 3.61. The summed E-state index contributed by atoms with van der Waals surface area (Å²) >= 11 is 0. The summed E-state index contributed by atoms with van der Waals surface area (Å²) in [7, 11) is 0. The van der Waals surface area contributed by atoms with E-state index in [1.165, 1.54) is 33.3 Å². The summed E-state index contributed by atoms with van der Waals surface area (Å²) in [6, 6.07) is 17.6. The van der Waals surface area contributed by atoms with Gasteiger partial charge in [0.2, 0.25) is 0 Å². The van der Waals surface area contributed by atoms with Gasteiger partial charge in [-0.15, -0.1) is 0 Å². The Balaban J connectivity index is 0.000000528. The van der Waals surface area contributed by atoms with Gasteiger partial charge in [0.1, 0.15) is 0 Å². The van der Waals surface area contributed by atoms with Crippen molar-refractivity contribution in [2.24, 2.45) is 0 Å². The number of aromatic nitrogens is 1. The second-order valence-electron chi connectivity index (χ2n) is 5.87. The van der Waals surface area contributed by atoms with Crippen LogP contribution < -0.4 is 5.32 Å². The number of rotatable bonds is 2. The minimum Gasteiger partial charge on any atom is -0.358 e. The maximum absolute atomic E-state index is 3.61. The van der Waals surface area contributed by atoms with Crippen LogP contribution in [0.1, 0.15) is 50.1 Å². The van der Waals surface area contributed by atoms with Gasteiger partial charge < -0.3 is 10.3 Å². The van der Waals surface area contributed by atoms with Gasteiger partial charge in [-0.05, 0) is 48.2 Å². The van der Waals surface area contributed by atoms with Crippen LogP contribution in [0.5, 0.6) is 0 Å². The predicted molar refractivity (Wildman–Crippen MR) is 111 cm³/mol. The molecule has 2 heterocycles. The summed E-state index contributed by atoms with van der Waals surface area (Å²) in [6.45, 7) is 10.2. The van der Waals surface area contributed by atoms with E-state index in [9.17, 15) is 0 Å². The van der Waals surface area contributed by atoms with Gasteiger partial charge in [0, 0.05) is 29.6 Å². The van der Waals surface area contributed by atoms with Crippen molar-refractivity contribution in [3.8, 4) is 0 Å². The molecule has 0 unspecified atom stereocenters. The smallest absolute Gasteiger partial charge is 0.0459 e. The second kappa shape index (κ2) is 10.0. The summed E-state index contributed by atoms with van der Waals surface area (Å²) in [5.41, 5.74) is 7.00. The average molecular weight is 337 g/mol. The third kappa shape index (κ3) is 4.73. The van der Waals surface area contributed by atoms with E-state index in [-0.39, 0.29) is 0 Å². The summed E-state index contributed by atoms with van der Waals surface area (Å²) in [5, 5.41) is 4.90. The molecule has 0 atom stereocenters. The molecule has 2 N–H and O–H groups in total. The highest BCUT2D eigenvalue weighted by atomic mass is 14.9. The van der Waals surface area contributed by atoms with E-state index in [4.69, 9.17) is 0 Å². The molecule has 0 radical (unpaired) electrons. The number of hydrogen-bond acceptors (Lipinski definition) is 1. The molecular weight excluding hydrogens is 304 g/mol. The largest absolute Gasteiger partial charge is 0.358 e. The van der Waals surface area contributed by atoms with Crippen molar-refractivity contribution in [3.63, 3.8) is 0 Å². The Morgan fingerprint density at radius 1 is 0.800 bits per heavy atom. The first-order chi connectivity index (χ1) is 12.4. The lowest BCUT2D eigenvalue weighted by Crippen LogP contribution is -2.16. The van der Waals surface area contributed by atoms with E-state index >= 15 is 0 Å². The van der Waals surface area contributed by atoms with Gasteiger partial charge in [-0.3, -0.25) is 0 Å². The maximum atomic E-state index is 3.61. The average Bonchev–Trinajstić information content (AvgIpc) is 2.86. The van der Waals surface area contributed by atoms with Crippen molar-refractivity contribution in [2.75, 3.05) is 13.1 Å². The Morgan fingerprint density at radius 2 is 1.52 bits per heavy atom. The lowest BCUT2D eigenvalue weighted by molar-refractivity contribution is 0.708. The molecule has 4 rings (SSSR count). The third-order valence-electron chi connectivity index (χ3n) is 4.41. The number of hydrogen-bond donors (Lipinski definition) is 2. The summed E-state index contributed by atoms with van der Waals surface area (Å²) in [6.07, 6.45) is 3.25. The molecule has 0 fully saturated rings. The molecule has 0 saturated heterocycles. The van der Waals surface area contributed by atoms with Crippen LogP contribution in [0.2, 0.25) is 0 Å². The fourth-order valence-electron chi connectivity index (χ4n) is 3.34. The molecule has 0 amide bonds. The summed E-state index contributed by atoms with van der Waals surface area (Å²) < 4.78 is 0. The van der Waals surface area contributed by atoms with Gasteiger partial charge in [-0.25, -0.2) is 0 Å². The third-order valence-corrected chi connectivity index (χ3v) is 4.41. The van der Waals surface area contributed by atoms with Gasteiger partial charge in [0.15, 0.2) is 0 Å². The standard InChI is InChI=1S/C19H20N2.2C2H6/c1-2-4-14(5-3-1)12-15-6-7-18-17(13-15)16-8-10-20-11-9-19(16)21-18;2*1-2/h1-7,13,20-21H,8-12H2;2*1-2H3. The van der Waals surface area contributed by atoms with E-state index < -0.39 is 0 Å². The van der Waals surface area contributed by atoms with Crippen LogP contribution >= 0.6 is 0 Å². The first-order valence-corrected chi connectivity index (χ1v) is 9.77. The Kier molecular flexibility index (Phi) is 7.75. The zero-order chi connectivity index (χ0) is 18.1. The second-order valence-corrected chi connectivity index (χ2v) is 5.87. The first kappa shape index (κ1) is 19.3. The Hall–Kier alpha value is -2.06. The van der Waals surface area contributed by atoms with Crippen LogP contribution in [0.3, 0.4) is 0 Å². The molecule has 134 valence electrons. The van der Waals surface area contributed by atoms with Crippen LogP contribution in [-0.2, 0) is 19.3 Å². The van der Waals surface area contributed by atoms with E-state index in [2.05, 4.69) is 58.8 Å². The lowest BCUT2D eigenvalue weighted by Gasteiger charge is -2.04. The molecule has 2 heteroatoms. The molecule has 3 aromatic rings. The van der Waals surface area contributed by atoms with Gasteiger partial charge in [0.25, 0.3) is 0 Å². The predicted octanol–water partition coefficient (Wildman–Crippen LogP) is 5.50. The zero-order valence-corrected chi connectivity index (χ0v) is 16.2. The SMILES string of the molecule is CC.CC.c1ccc(Cc2ccc3[nH]c4c(c3c2)CCNCC4)cc1. The minimum atomic E-state index is 1.01. The number of fused-ring (bicyclic) bond motifs is 3. The monoisotopic (exact) mass is 336 g/mol. The molecule has 0 aliphatic carbocycles. The van der Waals surface area contributed by atoms with Gasteiger partial charge in [-0.1, -0.05) is 64.1 Å². The number of benzene rings is 2. The Labute approximate surface area is 152 Å². The highest BCUT2D eigenvalue weighted by Gasteiger charge is 2.14. The van der Waals surface area contributed by atoms with E-state index in [1.54, 1.807) is 0 Å². The molecule has 0 spiro atoms. The number of nitrogens with one attached hydrogen (secondary N) is 2. The minimum absolute atomic E-state index is 1.01. The molecule has 0 saturated carbocycles. The van der Waals surface area contributed by atoms with E-state index in [1.807, 2.05) is 27.7 Å². The fraction of sp³-hybridized carbons (Fsp3) is 0.391. The molecular formula is C23H32N2. The van der Waals surface area contributed by atoms with Crippen LogP contribution in [0, 0.1) is 0 Å². The topological polar surface area (TPSA) is 27.8 Å². The van der Waals surface area contributed by atoms with Crippen LogP contribution in [0.4, 0.5) is 0 Å². The molecule has 1 aliphatic heterocycles. The Morgan fingerprint density at radius 3 is 2.28 bits per heavy atom. The van der Waals surface area contributed by atoms with Gasteiger partial charge in [-0.2, -0.15) is 0 Å². The van der Waals surface area contributed by atoms with Crippen molar-refractivity contribution in [2.45, 2.75) is 47.0 Å². The van der Waals surface area contributed by atoms with Crippen LogP contribution in [0.25, 0.3) is 10.9 Å². The highest BCUT2D eigenvalue weighted by molar-refractivity contribution is 5.85.